The second-order valence-corrected chi connectivity index (χ2v) is 17.1. The van der Waals surface area contributed by atoms with Crippen molar-refractivity contribution in [3.63, 3.8) is 0 Å². The Labute approximate surface area is 399 Å². The molecule has 6 nitrogen and oxygen atoms in total. The lowest BCUT2D eigenvalue weighted by molar-refractivity contribution is -0.137. The summed E-state index contributed by atoms with van der Waals surface area (Å²) in [6, 6.07) is 71.6. The van der Waals surface area contributed by atoms with Gasteiger partial charge in [-0.05, 0) is 96.6 Å². The van der Waals surface area contributed by atoms with Crippen molar-refractivity contribution in [1.82, 2.24) is 19.1 Å². The summed E-state index contributed by atoms with van der Waals surface area (Å²) in [6.07, 6.45) is -4.74. The summed E-state index contributed by atoms with van der Waals surface area (Å²) in [7, 11) is 0. The normalized spacial score (nSPS) is 11.6. The minimum absolute atomic E-state index is 0.0975. The van der Waals surface area contributed by atoms with E-state index in [4.69, 9.17) is 9.97 Å². The smallest absolute Gasteiger partial charge is 0.307 e. The van der Waals surface area contributed by atoms with Gasteiger partial charge in [0.25, 0.3) is 0 Å². The summed E-state index contributed by atoms with van der Waals surface area (Å²) in [5, 5.41) is 24.7. The minimum Gasteiger partial charge on any atom is -0.307 e. The second-order valence-electron chi connectivity index (χ2n) is 17.1. The van der Waals surface area contributed by atoms with Gasteiger partial charge in [-0.2, -0.15) is 23.7 Å². The number of fused-ring (bicyclic) bond motifs is 6. The number of para-hydroxylation sites is 2. The average Bonchev–Trinajstić information content (AvgIpc) is 3.92. The molecular weight excluding hydrogens is 874 g/mol. The molecule has 0 atom stereocenters. The second kappa shape index (κ2) is 16.6. The fraction of sp³-hybridized carbons (Fsp3) is 0.0164. The molecule has 0 fully saturated rings. The zero-order valence-corrected chi connectivity index (χ0v) is 37.0. The van der Waals surface area contributed by atoms with Crippen LogP contribution in [0.25, 0.3) is 111 Å². The lowest BCUT2D eigenvalue weighted by Crippen LogP contribution is -2.07. The molecule has 0 aliphatic rings. The zero-order chi connectivity index (χ0) is 47.5. The van der Waals surface area contributed by atoms with E-state index in [1.54, 1.807) is 12.1 Å². The van der Waals surface area contributed by atoms with E-state index in [9.17, 15) is 23.7 Å². The van der Waals surface area contributed by atoms with E-state index in [0.29, 0.717) is 11.4 Å². The van der Waals surface area contributed by atoms with Gasteiger partial charge >= 0.3 is 6.18 Å². The van der Waals surface area contributed by atoms with Gasteiger partial charge in [0, 0.05) is 49.4 Å². The number of nitriles is 2. The number of nitrogens with zero attached hydrogens (tertiary/aromatic N) is 6. The van der Waals surface area contributed by atoms with Crippen molar-refractivity contribution >= 4 is 43.6 Å². The van der Waals surface area contributed by atoms with Crippen LogP contribution in [0.5, 0.6) is 0 Å². The molecule has 9 heteroatoms. The van der Waals surface area contributed by atoms with Crippen LogP contribution in [0.1, 0.15) is 16.7 Å². The van der Waals surface area contributed by atoms with E-state index in [1.807, 2.05) is 152 Å². The van der Waals surface area contributed by atoms with Crippen LogP contribution in [-0.2, 0) is 6.18 Å². The maximum atomic E-state index is 14.5. The molecule has 12 aromatic rings. The quantitative estimate of drug-likeness (QED) is 0.159. The van der Waals surface area contributed by atoms with Crippen molar-refractivity contribution in [2.45, 2.75) is 6.18 Å². The molecule has 0 saturated heterocycles. The molecule has 0 aliphatic carbocycles. The molecule has 0 radical (unpaired) electrons. The van der Waals surface area contributed by atoms with Crippen molar-refractivity contribution in [1.29, 1.82) is 10.5 Å². The van der Waals surface area contributed by atoms with Crippen LogP contribution in [0.3, 0.4) is 0 Å². The van der Waals surface area contributed by atoms with Gasteiger partial charge in [-0.15, -0.1) is 0 Å². The van der Waals surface area contributed by atoms with E-state index in [-0.39, 0.29) is 22.3 Å². The van der Waals surface area contributed by atoms with E-state index in [2.05, 4.69) is 51.6 Å². The first-order chi connectivity index (χ1) is 34.2. The predicted molar refractivity (Wildman–Crippen MR) is 272 cm³/mol. The van der Waals surface area contributed by atoms with Crippen LogP contribution in [-0.4, -0.2) is 19.1 Å². The Hall–Kier alpha value is -9.57. The Balaban J connectivity index is 1.13. The van der Waals surface area contributed by atoms with E-state index in [0.717, 1.165) is 101 Å². The Morgan fingerprint density at radius 2 is 0.829 bits per heavy atom. The van der Waals surface area contributed by atoms with Gasteiger partial charge in [0.1, 0.15) is 0 Å². The monoisotopic (exact) mass is 908 g/mol. The SMILES string of the molecule is N#Cc1cc(-c2cc(-n3c4ccccc4c4cc(-c5cccc(-c6ccccc6)n5)ccc43)c(-n3c4ccccc4c4cc(-c5cccc(-c6ccccc6)n5)ccc43)cc2C#N)cc(C(F)(F)F)c1. The Morgan fingerprint density at radius 3 is 1.31 bits per heavy atom. The van der Waals surface area contributed by atoms with Crippen LogP contribution in [0.15, 0.2) is 212 Å². The largest absolute Gasteiger partial charge is 0.416 e. The summed E-state index contributed by atoms with van der Waals surface area (Å²) in [5.74, 6) is 0. The molecule has 330 valence electrons. The van der Waals surface area contributed by atoms with Crippen molar-refractivity contribution in [2.75, 3.05) is 0 Å². The first-order valence-corrected chi connectivity index (χ1v) is 22.6. The highest BCUT2D eigenvalue weighted by Gasteiger charge is 2.32. The highest BCUT2D eigenvalue weighted by molar-refractivity contribution is 6.13. The van der Waals surface area contributed by atoms with Crippen LogP contribution in [0.2, 0.25) is 0 Å². The van der Waals surface area contributed by atoms with Gasteiger partial charge < -0.3 is 9.13 Å². The molecule has 0 N–H and O–H groups in total. The molecule has 4 heterocycles. The van der Waals surface area contributed by atoms with Crippen LogP contribution >= 0.6 is 0 Å². The van der Waals surface area contributed by atoms with Gasteiger partial charge in [0.05, 0.1) is 85.0 Å². The topological polar surface area (TPSA) is 83.2 Å². The number of alkyl halides is 3. The Bertz CT molecular complexity index is 4140. The lowest BCUT2D eigenvalue weighted by atomic mass is 9.95. The summed E-state index contributed by atoms with van der Waals surface area (Å²) < 4.78 is 47.7. The summed E-state index contributed by atoms with van der Waals surface area (Å²) >= 11 is 0. The number of rotatable bonds is 7. The van der Waals surface area contributed by atoms with Gasteiger partial charge in [-0.25, -0.2) is 9.97 Å². The zero-order valence-electron chi connectivity index (χ0n) is 37.0. The Kier molecular flexibility index (Phi) is 9.94. The summed E-state index contributed by atoms with van der Waals surface area (Å²) in [6.45, 7) is 0. The van der Waals surface area contributed by atoms with Crippen molar-refractivity contribution in [3.8, 4) is 79.7 Å². The number of benzene rings is 8. The molecule has 12 rings (SSSR count). The lowest BCUT2D eigenvalue weighted by Gasteiger charge is -2.20. The third-order valence-corrected chi connectivity index (χ3v) is 13.0. The van der Waals surface area contributed by atoms with Crippen molar-refractivity contribution < 1.29 is 13.2 Å². The molecular formula is C61H35F3N6. The average molecular weight is 909 g/mol. The van der Waals surface area contributed by atoms with Gasteiger partial charge in [0.2, 0.25) is 0 Å². The maximum Gasteiger partial charge on any atom is 0.416 e. The van der Waals surface area contributed by atoms with Crippen molar-refractivity contribution in [3.05, 3.63) is 229 Å². The molecule has 0 spiro atoms. The fourth-order valence-corrected chi connectivity index (χ4v) is 9.79. The highest BCUT2D eigenvalue weighted by atomic mass is 19.4. The molecule has 70 heavy (non-hydrogen) atoms. The number of hydrogen-bond acceptors (Lipinski definition) is 4. The molecule has 4 aromatic heterocycles. The number of aromatic nitrogens is 4. The van der Waals surface area contributed by atoms with Gasteiger partial charge in [0.15, 0.2) is 0 Å². The van der Waals surface area contributed by atoms with E-state index >= 15 is 0 Å². The molecule has 0 amide bonds. The number of hydrogen-bond donors (Lipinski definition) is 0. The van der Waals surface area contributed by atoms with E-state index in [1.165, 1.54) is 6.07 Å². The third-order valence-electron chi connectivity index (χ3n) is 13.0. The Morgan fingerprint density at radius 1 is 0.371 bits per heavy atom. The van der Waals surface area contributed by atoms with Crippen LogP contribution < -0.4 is 0 Å². The van der Waals surface area contributed by atoms with Crippen LogP contribution in [0.4, 0.5) is 13.2 Å². The molecule has 8 aromatic carbocycles. The highest BCUT2D eigenvalue weighted by Crippen LogP contribution is 2.43. The number of pyridine rings is 2. The fourth-order valence-electron chi connectivity index (χ4n) is 9.79. The molecule has 0 saturated carbocycles. The van der Waals surface area contributed by atoms with E-state index < -0.39 is 11.7 Å². The van der Waals surface area contributed by atoms with Crippen LogP contribution in [0, 0.1) is 22.7 Å². The van der Waals surface area contributed by atoms with Gasteiger partial charge in [-0.3, -0.25) is 0 Å². The predicted octanol–water partition coefficient (Wildman–Crippen LogP) is 15.8. The summed E-state index contributed by atoms with van der Waals surface area (Å²) in [5.41, 5.74) is 11.1. The maximum absolute atomic E-state index is 14.5. The van der Waals surface area contributed by atoms with Gasteiger partial charge in [-0.1, -0.05) is 121 Å². The van der Waals surface area contributed by atoms with Crippen molar-refractivity contribution in [2.24, 2.45) is 0 Å². The number of halogens is 3. The minimum atomic E-state index is -4.74. The molecule has 0 unspecified atom stereocenters. The first kappa shape index (κ1) is 41.8. The standard InChI is InChI=1S/C61H35F3N6/c62-61(63,64)45-30-38(36-65)29-43(31-45)48-35-60(70-56-24-10-8-18-47(56)50-33-42(26-28-58(50)70)54-22-12-20-52(68-54)40-15-5-2-6-16-40)59(34-44(48)37-66)69-55-23-9-7-17-46(55)49-32-41(25-27-57(49)69)53-21-11-19-51(67-53)39-13-3-1-4-14-39/h1-35H. The third kappa shape index (κ3) is 7.13. The molecule has 0 bridgehead atoms. The summed E-state index contributed by atoms with van der Waals surface area (Å²) in [4.78, 5) is 10.1. The molecule has 0 aliphatic heterocycles. The first-order valence-electron chi connectivity index (χ1n) is 22.6.